The molecule has 1 N–H and O–H groups in total. The van der Waals surface area contributed by atoms with Crippen LogP contribution in [0.1, 0.15) is 37.3 Å². The van der Waals surface area contributed by atoms with Crippen molar-refractivity contribution in [1.29, 1.82) is 0 Å². The van der Waals surface area contributed by atoms with Crippen molar-refractivity contribution in [3.63, 3.8) is 0 Å². The average Bonchev–Trinajstić information content (AvgIpc) is 2.82. The number of aromatic nitrogens is 1. The minimum Gasteiger partial charge on any atom is -0.481 e. The number of rotatable bonds is 2. The number of benzene rings is 1. The molecule has 1 aromatic heterocycles. The summed E-state index contributed by atoms with van der Waals surface area (Å²) in [7, 11) is 0. The van der Waals surface area contributed by atoms with Crippen LogP contribution in [0.3, 0.4) is 0 Å². The molecule has 0 bridgehead atoms. The maximum atomic E-state index is 10.9. The monoisotopic (exact) mass is 245 g/mol. The lowest BCUT2D eigenvalue weighted by atomic mass is 9.80. The highest BCUT2D eigenvalue weighted by Crippen LogP contribution is 2.38. The Labute approximate surface area is 105 Å². The number of carboxylic acid groups (broad SMARTS) is 1. The van der Waals surface area contributed by atoms with Crippen LogP contribution in [-0.4, -0.2) is 16.2 Å². The molecule has 1 saturated carbocycles. The van der Waals surface area contributed by atoms with Gasteiger partial charge in [0, 0.05) is 11.3 Å². The second-order valence-electron chi connectivity index (χ2n) is 4.95. The van der Waals surface area contributed by atoms with E-state index in [1.165, 1.54) is 0 Å². The molecule has 1 heterocycles. The summed E-state index contributed by atoms with van der Waals surface area (Å²) < 4.78 is 5.31. The van der Waals surface area contributed by atoms with Gasteiger partial charge in [0.2, 0.25) is 0 Å². The van der Waals surface area contributed by atoms with Crippen LogP contribution in [0.15, 0.2) is 28.8 Å². The van der Waals surface area contributed by atoms with Crippen molar-refractivity contribution >= 4 is 16.9 Å². The van der Waals surface area contributed by atoms with E-state index in [0.717, 1.165) is 42.3 Å². The van der Waals surface area contributed by atoms with Crippen LogP contribution < -0.4 is 0 Å². The fourth-order valence-electron chi connectivity index (χ4n) is 2.81. The van der Waals surface area contributed by atoms with Crippen molar-refractivity contribution in [2.24, 2.45) is 5.92 Å². The van der Waals surface area contributed by atoms with Crippen molar-refractivity contribution < 1.29 is 14.4 Å². The lowest BCUT2D eigenvalue weighted by molar-refractivity contribution is -0.142. The molecule has 0 atom stereocenters. The first-order valence-electron chi connectivity index (χ1n) is 6.33. The van der Waals surface area contributed by atoms with E-state index in [1.54, 1.807) is 0 Å². The molecule has 4 heteroatoms. The van der Waals surface area contributed by atoms with Crippen LogP contribution in [0.4, 0.5) is 0 Å². The average molecular weight is 245 g/mol. The van der Waals surface area contributed by atoms with E-state index in [0.29, 0.717) is 5.92 Å². The summed E-state index contributed by atoms with van der Waals surface area (Å²) in [6.07, 6.45) is 3.24. The van der Waals surface area contributed by atoms with Gasteiger partial charge >= 0.3 is 5.97 Å². The summed E-state index contributed by atoms with van der Waals surface area (Å²) in [5, 5.41) is 14.2. The molecule has 1 aromatic carbocycles. The largest absolute Gasteiger partial charge is 0.481 e. The zero-order valence-corrected chi connectivity index (χ0v) is 10.0. The summed E-state index contributed by atoms with van der Waals surface area (Å²) >= 11 is 0. The molecule has 4 nitrogen and oxygen atoms in total. The Morgan fingerprint density at radius 2 is 1.94 bits per heavy atom. The Hall–Kier alpha value is -1.84. The number of hydrogen-bond acceptors (Lipinski definition) is 3. The fourth-order valence-corrected chi connectivity index (χ4v) is 2.81. The van der Waals surface area contributed by atoms with E-state index < -0.39 is 5.97 Å². The number of hydrogen-bond donors (Lipinski definition) is 1. The molecule has 0 spiro atoms. The van der Waals surface area contributed by atoms with E-state index >= 15 is 0 Å². The van der Waals surface area contributed by atoms with Crippen LogP contribution in [0.2, 0.25) is 0 Å². The van der Waals surface area contributed by atoms with Gasteiger partial charge in [-0.3, -0.25) is 4.79 Å². The molecule has 0 radical (unpaired) electrons. The number of para-hydroxylation sites is 1. The third-order valence-corrected chi connectivity index (χ3v) is 3.87. The first-order valence-corrected chi connectivity index (χ1v) is 6.33. The Morgan fingerprint density at radius 1 is 1.22 bits per heavy atom. The second-order valence-corrected chi connectivity index (χ2v) is 4.95. The number of aliphatic carboxylic acids is 1. The van der Waals surface area contributed by atoms with Crippen molar-refractivity contribution in [2.75, 3.05) is 0 Å². The minimum atomic E-state index is -0.668. The summed E-state index contributed by atoms with van der Waals surface area (Å²) in [4.78, 5) is 10.9. The highest BCUT2D eigenvalue weighted by molar-refractivity contribution is 5.79. The van der Waals surface area contributed by atoms with Crippen molar-refractivity contribution in [1.82, 2.24) is 5.16 Å². The first kappa shape index (κ1) is 11.3. The van der Waals surface area contributed by atoms with Crippen LogP contribution in [0.25, 0.3) is 11.0 Å². The molecule has 1 aliphatic carbocycles. The van der Waals surface area contributed by atoms with Crippen molar-refractivity contribution in [3.8, 4) is 0 Å². The predicted molar refractivity (Wildman–Crippen MR) is 66.3 cm³/mol. The Kier molecular flexibility index (Phi) is 2.78. The molecular formula is C14H15NO3. The minimum absolute atomic E-state index is 0.181. The highest BCUT2D eigenvalue weighted by Gasteiger charge is 2.29. The van der Waals surface area contributed by atoms with Crippen molar-refractivity contribution in [3.05, 3.63) is 30.0 Å². The third kappa shape index (κ3) is 1.88. The van der Waals surface area contributed by atoms with Crippen LogP contribution in [0.5, 0.6) is 0 Å². The summed E-state index contributed by atoms with van der Waals surface area (Å²) in [6, 6.07) is 7.84. The molecule has 18 heavy (non-hydrogen) atoms. The first-order chi connectivity index (χ1) is 8.75. The zero-order valence-electron chi connectivity index (χ0n) is 10.0. The molecule has 0 saturated heterocycles. The Bertz CT molecular complexity index is 567. The quantitative estimate of drug-likeness (QED) is 0.882. The highest BCUT2D eigenvalue weighted by atomic mass is 16.5. The summed E-state index contributed by atoms with van der Waals surface area (Å²) in [6.45, 7) is 0. The topological polar surface area (TPSA) is 63.3 Å². The van der Waals surface area contributed by atoms with Gasteiger partial charge in [0.1, 0.15) is 0 Å². The molecule has 1 fully saturated rings. The zero-order chi connectivity index (χ0) is 12.5. The molecular weight excluding hydrogens is 230 g/mol. The van der Waals surface area contributed by atoms with E-state index in [4.69, 9.17) is 9.63 Å². The van der Waals surface area contributed by atoms with Gasteiger partial charge in [-0.05, 0) is 37.8 Å². The summed E-state index contributed by atoms with van der Waals surface area (Å²) in [5.41, 5.74) is 1.81. The smallest absolute Gasteiger partial charge is 0.306 e. The number of carbonyl (C=O) groups is 1. The van der Waals surface area contributed by atoms with Gasteiger partial charge in [-0.25, -0.2) is 0 Å². The van der Waals surface area contributed by atoms with Gasteiger partial charge in [0.05, 0.1) is 11.6 Å². The van der Waals surface area contributed by atoms with Crippen molar-refractivity contribution in [2.45, 2.75) is 31.6 Å². The Morgan fingerprint density at radius 3 is 2.67 bits per heavy atom. The van der Waals surface area contributed by atoms with Crippen LogP contribution >= 0.6 is 0 Å². The molecule has 3 rings (SSSR count). The number of carboxylic acids is 1. The number of nitrogens with zero attached hydrogens (tertiary/aromatic N) is 1. The van der Waals surface area contributed by atoms with Gasteiger partial charge in [-0.2, -0.15) is 0 Å². The fraction of sp³-hybridized carbons (Fsp3) is 0.429. The van der Waals surface area contributed by atoms with Crippen LogP contribution in [0, 0.1) is 5.92 Å². The van der Waals surface area contributed by atoms with Gasteiger partial charge in [-0.15, -0.1) is 0 Å². The Balaban J connectivity index is 1.82. The van der Waals surface area contributed by atoms with E-state index in [1.807, 2.05) is 24.3 Å². The van der Waals surface area contributed by atoms with Gasteiger partial charge in [0.25, 0.3) is 0 Å². The normalized spacial score (nSPS) is 24.2. The predicted octanol–water partition coefficient (Wildman–Crippen LogP) is 3.19. The molecule has 0 aliphatic heterocycles. The van der Waals surface area contributed by atoms with Gasteiger partial charge in [0.15, 0.2) is 5.58 Å². The van der Waals surface area contributed by atoms with Gasteiger partial charge < -0.3 is 9.63 Å². The van der Waals surface area contributed by atoms with Gasteiger partial charge in [-0.1, -0.05) is 17.3 Å². The number of fused-ring (bicyclic) bond motifs is 1. The van der Waals surface area contributed by atoms with Crippen LogP contribution in [-0.2, 0) is 4.79 Å². The lowest BCUT2D eigenvalue weighted by Crippen LogP contribution is -2.20. The maximum absolute atomic E-state index is 10.9. The maximum Gasteiger partial charge on any atom is 0.306 e. The van der Waals surface area contributed by atoms with E-state index in [9.17, 15) is 4.79 Å². The molecule has 2 aromatic rings. The third-order valence-electron chi connectivity index (χ3n) is 3.87. The lowest BCUT2D eigenvalue weighted by Gasteiger charge is -2.24. The molecule has 94 valence electrons. The summed E-state index contributed by atoms with van der Waals surface area (Å²) in [5.74, 6) is -0.512. The molecule has 1 aliphatic rings. The van der Waals surface area contributed by atoms with E-state index in [2.05, 4.69) is 5.16 Å². The molecule has 0 amide bonds. The second kappa shape index (κ2) is 4.44. The SMILES string of the molecule is O=C(O)[C@H]1CC[C@H](c2noc3ccccc32)CC1. The standard InChI is InChI=1S/C14H15NO3/c16-14(17)10-7-5-9(6-8-10)13-11-3-1-2-4-12(11)18-15-13/h1-4,9-10H,5-8H2,(H,16,17)/t9-,10-. The molecule has 0 unspecified atom stereocenters. The van der Waals surface area contributed by atoms with E-state index in [-0.39, 0.29) is 5.92 Å².